The molecule has 0 unspecified atom stereocenters. The predicted molar refractivity (Wildman–Crippen MR) is 66.5 cm³/mol. The van der Waals surface area contributed by atoms with E-state index in [9.17, 15) is 8.78 Å². The number of aryl methyl sites for hydroxylation is 2. The topological polar surface area (TPSA) is 29.9 Å². The molecule has 2 aromatic rings. The second-order valence-corrected chi connectivity index (χ2v) is 4.20. The van der Waals surface area contributed by atoms with E-state index in [0.29, 0.717) is 18.5 Å². The van der Waals surface area contributed by atoms with Gasteiger partial charge in [0.15, 0.2) is 0 Å². The van der Waals surface area contributed by atoms with Gasteiger partial charge in [0.2, 0.25) is 0 Å². The van der Waals surface area contributed by atoms with Crippen LogP contribution in [0.5, 0.6) is 0 Å². The Balaban J connectivity index is 1.99. The molecule has 0 aliphatic rings. The molecule has 1 heterocycles. The van der Waals surface area contributed by atoms with Crippen molar-refractivity contribution in [2.75, 3.05) is 11.9 Å². The average molecular weight is 251 g/mol. The lowest BCUT2D eigenvalue weighted by Gasteiger charge is -2.09. The van der Waals surface area contributed by atoms with Gasteiger partial charge in [0.05, 0.1) is 5.69 Å². The van der Waals surface area contributed by atoms with Gasteiger partial charge in [-0.2, -0.15) is 5.10 Å². The van der Waals surface area contributed by atoms with Gasteiger partial charge in [-0.25, -0.2) is 8.78 Å². The van der Waals surface area contributed by atoms with E-state index < -0.39 is 11.6 Å². The molecule has 1 aromatic carbocycles. The van der Waals surface area contributed by atoms with Crippen molar-refractivity contribution in [1.29, 1.82) is 0 Å². The molecule has 0 saturated heterocycles. The third-order valence-corrected chi connectivity index (χ3v) is 2.87. The predicted octanol–water partition coefficient (Wildman–Crippen LogP) is 2.66. The highest BCUT2D eigenvalue weighted by Gasteiger charge is 2.07. The Morgan fingerprint density at radius 2 is 2.06 bits per heavy atom. The highest BCUT2D eigenvalue weighted by molar-refractivity contribution is 5.46. The fraction of sp³-hybridized carbons (Fsp3) is 0.308. The minimum absolute atomic E-state index is 0.195. The van der Waals surface area contributed by atoms with Gasteiger partial charge < -0.3 is 5.32 Å². The molecule has 96 valence electrons. The minimum Gasteiger partial charge on any atom is -0.382 e. The highest BCUT2D eigenvalue weighted by atomic mass is 19.1. The summed E-state index contributed by atoms with van der Waals surface area (Å²) in [6.45, 7) is 2.07. The Bertz CT molecular complexity index is 549. The second kappa shape index (κ2) is 5.16. The van der Waals surface area contributed by atoms with Crippen molar-refractivity contribution in [2.45, 2.75) is 13.3 Å². The van der Waals surface area contributed by atoms with Gasteiger partial charge in [-0.05, 0) is 24.6 Å². The van der Waals surface area contributed by atoms with Crippen LogP contribution in [0.1, 0.15) is 11.3 Å². The van der Waals surface area contributed by atoms with E-state index in [0.717, 1.165) is 5.69 Å². The van der Waals surface area contributed by atoms with Crippen LogP contribution >= 0.6 is 0 Å². The van der Waals surface area contributed by atoms with E-state index >= 15 is 0 Å². The molecule has 1 aromatic heterocycles. The van der Waals surface area contributed by atoms with Crippen LogP contribution in [-0.4, -0.2) is 16.3 Å². The van der Waals surface area contributed by atoms with Crippen molar-refractivity contribution < 1.29 is 8.78 Å². The van der Waals surface area contributed by atoms with Gasteiger partial charge in [0.1, 0.15) is 11.6 Å². The van der Waals surface area contributed by atoms with Crippen molar-refractivity contribution in [1.82, 2.24) is 9.78 Å². The molecule has 0 radical (unpaired) electrons. The summed E-state index contributed by atoms with van der Waals surface area (Å²) in [7, 11) is 1.85. The van der Waals surface area contributed by atoms with Crippen LogP contribution in [0.3, 0.4) is 0 Å². The SMILES string of the molecule is Cc1cc(F)c(NCCc2ccnn2C)cc1F. The maximum Gasteiger partial charge on any atom is 0.146 e. The molecule has 0 atom stereocenters. The zero-order chi connectivity index (χ0) is 13.1. The molecule has 0 fully saturated rings. The van der Waals surface area contributed by atoms with Gasteiger partial charge in [0.25, 0.3) is 0 Å². The first-order chi connectivity index (χ1) is 8.58. The number of aromatic nitrogens is 2. The molecule has 0 amide bonds. The van der Waals surface area contributed by atoms with Crippen LogP contribution < -0.4 is 5.32 Å². The Morgan fingerprint density at radius 3 is 2.72 bits per heavy atom. The Kier molecular flexibility index (Phi) is 3.60. The monoisotopic (exact) mass is 251 g/mol. The van der Waals surface area contributed by atoms with Crippen LogP contribution in [-0.2, 0) is 13.5 Å². The first kappa shape index (κ1) is 12.5. The van der Waals surface area contributed by atoms with Crippen LogP contribution in [0.4, 0.5) is 14.5 Å². The third-order valence-electron chi connectivity index (χ3n) is 2.87. The van der Waals surface area contributed by atoms with Crippen LogP contribution in [0.25, 0.3) is 0 Å². The molecule has 0 aliphatic carbocycles. The lowest BCUT2D eigenvalue weighted by atomic mass is 10.2. The summed E-state index contributed by atoms with van der Waals surface area (Å²) >= 11 is 0. The van der Waals surface area contributed by atoms with Crippen molar-refractivity contribution in [3.05, 3.63) is 47.3 Å². The van der Waals surface area contributed by atoms with E-state index in [4.69, 9.17) is 0 Å². The zero-order valence-corrected chi connectivity index (χ0v) is 10.4. The maximum atomic E-state index is 13.5. The lowest BCUT2D eigenvalue weighted by Crippen LogP contribution is -2.09. The lowest BCUT2D eigenvalue weighted by molar-refractivity contribution is 0.594. The summed E-state index contributed by atoms with van der Waals surface area (Å²) in [5.41, 5.74) is 1.54. The molecular weight excluding hydrogens is 236 g/mol. The number of hydrogen-bond acceptors (Lipinski definition) is 2. The Labute approximate surface area is 104 Å². The standard InChI is InChI=1S/C13H15F2N3/c1-9-7-12(15)13(8-11(9)14)16-5-3-10-4-6-17-18(10)2/h4,6-8,16H,3,5H2,1-2H3. The van der Waals surface area contributed by atoms with E-state index in [1.165, 1.54) is 19.1 Å². The number of nitrogens with zero attached hydrogens (tertiary/aromatic N) is 2. The molecule has 0 aliphatic heterocycles. The van der Waals surface area contributed by atoms with Gasteiger partial charge in [0, 0.05) is 38.0 Å². The van der Waals surface area contributed by atoms with Crippen LogP contribution in [0.15, 0.2) is 24.4 Å². The van der Waals surface area contributed by atoms with Crippen molar-refractivity contribution in [3.8, 4) is 0 Å². The largest absolute Gasteiger partial charge is 0.382 e. The summed E-state index contributed by atoms with van der Waals surface area (Å²) < 4.78 is 28.6. The van der Waals surface area contributed by atoms with E-state index in [-0.39, 0.29) is 5.69 Å². The molecule has 2 rings (SSSR count). The number of nitrogens with one attached hydrogen (secondary N) is 1. The van der Waals surface area contributed by atoms with Gasteiger partial charge in [-0.1, -0.05) is 0 Å². The summed E-state index contributed by atoms with van der Waals surface area (Å²) in [5.74, 6) is -0.835. The van der Waals surface area contributed by atoms with Crippen LogP contribution in [0.2, 0.25) is 0 Å². The number of rotatable bonds is 4. The Morgan fingerprint density at radius 1 is 1.28 bits per heavy atom. The number of halogens is 2. The molecule has 0 saturated carbocycles. The smallest absolute Gasteiger partial charge is 0.146 e. The summed E-state index contributed by atoms with van der Waals surface area (Å²) in [4.78, 5) is 0. The molecule has 18 heavy (non-hydrogen) atoms. The molecule has 0 bridgehead atoms. The number of anilines is 1. The number of hydrogen-bond donors (Lipinski definition) is 1. The maximum absolute atomic E-state index is 13.5. The van der Waals surface area contributed by atoms with Crippen molar-refractivity contribution >= 4 is 5.69 Å². The third kappa shape index (κ3) is 2.67. The second-order valence-electron chi connectivity index (χ2n) is 4.20. The minimum atomic E-state index is -0.432. The van der Waals surface area contributed by atoms with Crippen molar-refractivity contribution in [2.24, 2.45) is 7.05 Å². The van der Waals surface area contributed by atoms with Gasteiger partial charge >= 0.3 is 0 Å². The van der Waals surface area contributed by atoms with E-state index in [2.05, 4.69) is 10.4 Å². The highest BCUT2D eigenvalue weighted by Crippen LogP contribution is 2.18. The summed E-state index contributed by atoms with van der Waals surface area (Å²) in [6.07, 6.45) is 2.41. The fourth-order valence-electron chi connectivity index (χ4n) is 1.75. The first-order valence-electron chi connectivity index (χ1n) is 5.74. The van der Waals surface area contributed by atoms with E-state index in [1.54, 1.807) is 10.9 Å². The van der Waals surface area contributed by atoms with Gasteiger partial charge in [-0.15, -0.1) is 0 Å². The molecular formula is C13H15F2N3. The quantitative estimate of drug-likeness (QED) is 0.905. The summed E-state index contributed by atoms with van der Waals surface area (Å²) in [5, 5.41) is 6.93. The van der Waals surface area contributed by atoms with Crippen LogP contribution in [0, 0.1) is 18.6 Å². The normalized spacial score (nSPS) is 10.7. The van der Waals surface area contributed by atoms with E-state index in [1.807, 2.05) is 13.1 Å². The molecule has 1 N–H and O–H groups in total. The number of benzene rings is 1. The fourth-order valence-corrected chi connectivity index (χ4v) is 1.75. The first-order valence-corrected chi connectivity index (χ1v) is 5.74. The van der Waals surface area contributed by atoms with Gasteiger partial charge in [-0.3, -0.25) is 4.68 Å². The molecule has 5 heteroatoms. The van der Waals surface area contributed by atoms with Crippen molar-refractivity contribution in [3.63, 3.8) is 0 Å². The molecule has 3 nitrogen and oxygen atoms in total. The Hall–Kier alpha value is -1.91. The molecule has 0 spiro atoms. The summed E-state index contributed by atoms with van der Waals surface area (Å²) in [6, 6.07) is 4.28. The average Bonchev–Trinajstić information content (AvgIpc) is 2.72. The zero-order valence-electron chi connectivity index (χ0n) is 10.4.